The number of ether oxygens (including phenoxy) is 1. The molecule has 1 N–H and O–H groups in total. The van der Waals surface area contributed by atoms with Crippen molar-refractivity contribution in [1.82, 2.24) is 5.32 Å². The Labute approximate surface area is 54.2 Å². The Balaban J connectivity index is 2.17. The van der Waals surface area contributed by atoms with E-state index in [4.69, 9.17) is 16.3 Å². The van der Waals surface area contributed by atoms with E-state index >= 15 is 0 Å². The largest absolute Gasteiger partial charge is 0.361 e. The third-order valence-electron chi connectivity index (χ3n) is 1.10. The van der Waals surface area contributed by atoms with Crippen molar-refractivity contribution in [3.63, 3.8) is 0 Å². The molecule has 48 valence electrons. The van der Waals surface area contributed by atoms with Gasteiger partial charge >= 0.3 is 0 Å². The van der Waals surface area contributed by atoms with Crippen molar-refractivity contribution in [3.8, 4) is 0 Å². The van der Waals surface area contributed by atoms with E-state index in [1.807, 2.05) is 0 Å². The van der Waals surface area contributed by atoms with Crippen LogP contribution in [0.2, 0.25) is 0 Å². The first kappa shape index (κ1) is 6.33. The van der Waals surface area contributed by atoms with Gasteiger partial charge < -0.3 is 10.1 Å². The van der Waals surface area contributed by atoms with Crippen LogP contribution in [0.25, 0.3) is 0 Å². The first-order chi connectivity index (χ1) is 3.89. The fraction of sp³-hybridized carbons (Fsp3) is 1.00. The van der Waals surface area contributed by atoms with Gasteiger partial charge in [0.1, 0.15) is 5.56 Å². The molecular formula is C5H10ClNO. The summed E-state index contributed by atoms with van der Waals surface area (Å²) in [5.41, 5.74) is -0.113. The molecule has 0 amide bonds. The molecule has 1 aliphatic rings. The fourth-order valence-corrected chi connectivity index (χ4v) is 0.881. The average molecular weight is 136 g/mol. The standard InChI is InChI=1S/C5H10ClNO/c6-5-4-7-2-1-3-8-5/h5,7H,1-4H2. The quantitative estimate of drug-likeness (QED) is 0.490. The number of nitrogens with one attached hydrogen (secondary N) is 1. The van der Waals surface area contributed by atoms with Crippen molar-refractivity contribution in [2.24, 2.45) is 0 Å². The highest BCUT2D eigenvalue weighted by atomic mass is 35.5. The Bertz CT molecular complexity index is 61.4. The lowest BCUT2D eigenvalue weighted by Gasteiger charge is -2.03. The SMILES string of the molecule is ClC1CNCCCO1. The zero-order valence-corrected chi connectivity index (χ0v) is 5.45. The van der Waals surface area contributed by atoms with Crippen LogP contribution in [0.1, 0.15) is 6.42 Å². The Morgan fingerprint density at radius 3 is 3.38 bits per heavy atom. The van der Waals surface area contributed by atoms with Crippen molar-refractivity contribution in [2.45, 2.75) is 12.0 Å². The summed E-state index contributed by atoms with van der Waals surface area (Å²) in [5.74, 6) is 0. The van der Waals surface area contributed by atoms with E-state index in [-0.39, 0.29) is 5.56 Å². The first-order valence-electron chi connectivity index (χ1n) is 2.86. The van der Waals surface area contributed by atoms with Gasteiger partial charge in [-0.05, 0) is 13.0 Å². The smallest absolute Gasteiger partial charge is 0.143 e. The maximum Gasteiger partial charge on any atom is 0.143 e. The van der Waals surface area contributed by atoms with Gasteiger partial charge in [0.25, 0.3) is 0 Å². The molecule has 1 heterocycles. The van der Waals surface area contributed by atoms with Crippen LogP contribution in [0, 0.1) is 0 Å². The van der Waals surface area contributed by atoms with Gasteiger partial charge in [0.15, 0.2) is 0 Å². The molecule has 0 saturated carbocycles. The summed E-state index contributed by atoms with van der Waals surface area (Å²) in [6.45, 7) is 2.60. The Morgan fingerprint density at radius 2 is 2.50 bits per heavy atom. The third kappa shape index (κ3) is 1.99. The number of alkyl halides is 1. The van der Waals surface area contributed by atoms with Crippen molar-refractivity contribution in [2.75, 3.05) is 19.7 Å². The molecule has 0 aromatic carbocycles. The topological polar surface area (TPSA) is 21.3 Å². The van der Waals surface area contributed by atoms with Crippen LogP contribution in [0.15, 0.2) is 0 Å². The Kier molecular flexibility index (Phi) is 2.59. The molecule has 1 fully saturated rings. The zero-order valence-electron chi connectivity index (χ0n) is 4.69. The van der Waals surface area contributed by atoms with E-state index in [2.05, 4.69) is 5.32 Å². The maximum absolute atomic E-state index is 5.64. The van der Waals surface area contributed by atoms with E-state index < -0.39 is 0 Å². The van der Waals surface area contributed by atoms with Crippen molar-refractivity contribution >= 4 is 11.6 Å². The van der Waals surface area contributed by atoms with Crippen LogP contribution in [-0.4, -0.2) is 25.3 Å². The molecule has 1 saturated heterocycles. The van der Waals surface area contributed by atoms with Crippen LogP contribution < -0.4 is 5.32 Å². The van der Waals surface area contributed by atoms with Gasteiger partial charge in [-0.3, -0.25) is 0 Å². The molecule has 8 heavy (non-hydrogen) atoms. The van der Waals surface area contributed by atoms with Gasteiger partial charge in [-0.1, -0.05) is 11.6 Å². The van der Waals surface area contributed by atoms with E-state index in [1.165, 1.54) is 0 Å². The minimum Gasteiger partial charge on any atom is -0.361 e. The fourth-order valence-electron chi connectivity index (χ4n) is 0.683. The lowest BCUT2D eigenvalue weighted by Crippen LogP contribution is -2.21. The van der Waals surface area contributed by atoms with E-state index in [9.17, 15) is 0 Å². The van der Waals surface area contributed by atoms with Gasteiger partial charge in [0.2, 0.25) is 0 Å². The van der Waals surface area contributed by atoms with E-state index in [0.29, 0.717) is 0 Å². The summed E-state index contributed by atoms with van der Waals surface area (Å²) in [6, 6.07) is 0. The molecule has 3 heteroatoms. The predicted octanol–water partition coefficient (Wildman–Crippen LogP) is 0.561. The summed E-state index contributed by atoms with van der Waals surface area (Å²) < 4.78 is 5.11. The molecule has 0 bridgehead atoms. The minimum atomic E-state index is -0.113. The normalized spacial score (nSPS) is 31.9. The first-order valence-corrected chi connectivity index (χ1v) is 3.29. The van der Waals surface area contributed by atoms with Crippen molar-refractivity contribution in [3.05, 3.63) is 0 Å². The highest BCUT2D eigenvalue weighted by Crippen LogP contribution is 2.00. The number of hydrogen-bond donors (Lipinski definition) is 1. The molecule has 1 unspecified atom stereocenters. The van der Waals surface area contributed by atoms with Crippen molar-refractivity contribution < 1.29 is 4.74 Å². The van der Waals surface area contributed by atoms with Gasteiger partial charge in [-0.2, -0.15) is 0 Å². The van der Waals surface area contributed by atoms with Crippen LogP contribution >= 0.6 is 11.6 Å². The highest BCUT2D eigenvalue weighted by molar-refractivity contribution is 6.19. The van der Waals surface area contributed by atoms with Gasteiger partial charge in [0.05, 0.1) is 0 Å². The van der Waals surface area contributed by atoms with Gasteiger partial charge in [-0.25, -0.2) is 0 Å². The van der Waals surface area contributed by atoms with Crippen LogP contribution in [-0.2, 0) is 4.74 Å². The molecule has 0 spiro atoms. The van der Waals surface area contributed by atoms with Gasteiger partial charge in [0, 0.05) is 13.2 Å². The zero-order chi connectivity index (χ0) is 5.82. The summed E-state index contributed by atoms with van der Waals surface area (Å²) in [6.07, 6.45) is 1.07. The van der Waals surface area contributed by atoms with E-state index in [0.717, 1.165) is 26.1 Å². The Morgan fingerprint density at radius 1 is 1.62 bits per heavy atom. The second-order valence-electron chi connectivity index (χ2n) is 1.84. The molecular weight excluding hydrogens is 126 g/mol. The summed E-state index contributed by atoms with van der Waals surface area (Å²) in [7, 11) is 0. The molecule has 1 rings (SSSR count). The molecule has 1 aliphatic heterocycles. The summed E-state index contributed by atoms with van der Waals surface area (Å²) >= 11 is 5.64. The number of rotatable bonds is 0. The molecule has 2 nitrogen and oxygen atoms in total. The van der Waals surface area contributed by atoms with Crippen LogP contribution in [0.3, 0.4) is 0 Å². The molecule has 1 atom stereocenters. The molecule has 0 aromatic rings. The summed E-state index contributed by atoms with van der Waals surface area (Å²) in [4.78, 5) is 0. The number of halogens is 1. The van der Waals surface area contributed by atoms with E-state index in [1.54, 1.807) is 0 Å². The lowest BCUT2D eigenvalue weighted by atomic mass is 10.5. The van der Waals surface area contributed by atoms with Gasteiger partial charge in [-0.15, -0.1) is 0 Å². The summed E-state index contributed by atoms with van der Waals surface area (Å²) in [5, 5.41) is 3.14. The third-order valence-corrected chi connectivity index (χ3v) is 1.38. The molecule has 0 radical (unpaired) electrons. The second-order valence-corrected chi connectivity index (χ2v) is 2.33. The van der Waals surface area contributed by atoms with Crippen LogP contribution in [0.5, 0.6) is 0 Å². The number of hydrogen-bond acceptors (Lipinski definition) is 2. The average Bonchev–Trinajstić information content (AvgIpc) is 1.94. The molecule has 0 aromatic heterocycles. The monoisotopic (exact) mass is 135 g/mol. The Hall–Kier alpha value is 0.210. The second kappa shape index (κ2) is 3.28. The maximum atomic E-state index is 5.64. The minimum absolute atomic E-state index is 0.113. The highest BCUT2D eigenvalue weighted by Gasteiger charge is 2.06. The lowest BCUT2D eigenvalue weighted by molar-refractivity contribution is 0.122. The molecule has 0 aliphatic carbocycles. The van der Waals surface area contributed by atoms with Crippen molar-refractivity contribution in [1.29, 1.82) is 0 Å². The predicted molar refractivity (Wildman–Crippen MR) is 33.1 cm³/mol. The van der Waals surface area contributed by atoms with Crippen LogP contribution in [0.4, 0.5) is 0 Å².